The van der Waals surface area contributed by atoms with Gasteiger partial charge in [-0.1, -0.05) is 49.9 Å². The van der Waals surface area contributed by atoms with Crippen LogP contribution in [-0.2, 0) is 0 Å². The highest BCUT2D eigenvalue weighted by molar-refractivity contribution is 6.19. The number of halogens is 2. The van der Waals surface area contributed by atoms with Crippen molar-refractivity contribution in [3.8, 4) is 0 Å². The first-order valence-corrected chi connectivity index (χ1v) is 5.06. The first kappa shape index (κ1) is 19.1. The standard InChI is InChI=1S/2C4H9ClO.H2O/c2*1-2-3-4(5)6;/h2*4,6H,2-3H2,1H3;1H2. The molecule has 0 heterocycles. The first-order chi connectivity index (χ1) is 5.54. The van der Waals surface area contributed by atoms with E-state index in [1.807, 2.05) is 13.8 Å². The van der Waals surface area contributed by atoms with Crippen LogP contribution in [-0.4, -0.2) is 26.8 Å². The molecule has 5 heteroatoms. The summed E-state index contributed by atoms with van der Waals surface area (Å²) in [4.78, 5) is 0. The van der Waals surface area contributed by atoms with Crippen LogP contribution in [0.5, 0.6) is 0 Å². The molecule has 0 spiro atoms. The van der Waals surface area contributed by atoms with Crippen molar-refractivity contribution in [3.63, 3.8) is 0 Å². The van der Waals surface area contributed by atoms with E-state index in [4.69, 9.17) is 33.4 Å². The molecule has 0 aliphatic rings. The summed E-state index contributed by atoms with van der Waals surface area (Å²) in [6.07, 6.45) is 3.29. The fraction of sp³-hybridized carbons (Fsp3) is 1.00. The Morgan fingerprint density at radius 2 is 1.15 bits per heavy atom. The average Bonchev–Trinajstić information content (AvgIpc) is 1.87. The van der Waals surface area contributed by atoms with Gasteiger partial charge in [0, 0.05) is 0 Å². The summed E-state index contributed by atoms with van der Waals surface area (Å²) >= 11 is 10.3. The van der Waals surface area contributed by atoms with Gasteiger partial charge in [-0.15, -0.1) is 0 Å². The van der Waals surface area contributed by atoms with Crippen LogP contribution in [0.4, 0.5) is 0 Å². The summed E-state index contributed by atoms with van der Waals surface area (Å²) in [5.41, 5.74) is -1.26. The Kier molecular flexibility index (Phi) is 22.0. The lowest BCUT2D eigenvalue weighted by atomic mass is 10.4. The molecular weight excluding hydrogens is 215 g/mol. The van der Waals surface area contributed by atoms with Gasteiger partial charge >= 0.3 is 0 Å². The molecule has 0 aliphatic carbocycles. The molecule has 84 valence electrons. The summed E-state index contributed by atoms with van der Waals surface area (Å²) in [7, 11) is 0. The monoisotopic (exact) mass is 234 g/mol. The van der Waals surface area contributed by atoms with Crippen LogP contribution in [0.2, 0.25) is 0 Å². The zero-order valence-electron chi connectivity index (χ0n) is 8.13. The Hall–Kier alpha value is 0.460. The Morgan fingerprint density at radius 1 is 0.923 bits per heavy atom. The molecule has 0 saturated carbocycles. The molecule has 0 fully saturated rings. The zero-order valence-corrected chi connectivity index (χ0v) is 9.65. The number of aliphatic hydroxyl groups excluding tert-OH is 2. The van der Waals surface area contributed by atoms with E-state index in [9.17, 15) is 0 Å². The second kappa shape index (κ2) is 15.0. The van der Waals surface area contributed by atoms with Crippen LogP contribution < -0.4 is 0 Å². The number of aliphatic hydroxyl groups is 2. The Morgan fingerprint density at radius 3 is 1.15 bits per heavy atom. The van der Waals surface area contributed by atoms with Gasteiger partial charge in [0.2, 0.25) is 0 Å². The molecule has 0 rings (SSSR count). The molecular formula is C8H20Cl2O3. The topological polar surface area (TPSA) is 72.0 Å². The van der Waals surface area contributed by atoms with Crippen molar-refractivity contribution >= 4 is 23.2 Å². The van der Waals surface area contributed by atoms with E-state index in [-0.39, 0.29) is 5.48 Å². The van der Waals surface area contributed by atoms with Crippen molar-refractivity contribution < 1.29 is 15.7 Å². The fourth-order valence-corrected chi connectivity index (χ4v) is 0.913. The third-order valence-corrected chi connectivity index (χ3v) is 1.49. The van der Waals surface area contributed by atoms with E-state index >= 15 is 0 Å². The second-order valence-electron chi connectivity index (χ2n) is 2.45. The molecule has 0 bridgehead atoms. The van der Waals surface area contributed by atoms with Gasteiger partial charge in [-0.05, 0) is 12.8 Å². The van der Waals surface area contributed by atoms with Crippen LogP contribution in [0.25, 0.3) is 0 Å². The summed E-state index contributed by atoms with van der Waals surface area (Å²) in [5, 5.41) is 16.6. The molecule has 3 nitrogen and oxygen atoms in total. The van der Waals surface area contributed by atoms with E-state index < -0.39 is 11.1 Å². The predicted molar refractivity (Wildman–Crippen MR) is 57.1 cm³/mol. The van der Waals surface area contributed by atoms with Crippen LogP contribution in [0.15, 0.2) is 0 Å². The van der Waals surface area contributed by atoms with Crippen molar-refractivity contribution in [1.82, 2.24) is 0 Å². The van der Waals surface area contributed by atoms with Gasteiger partial charge in [0.25, 0.3) is 0 Å². The number of rotatable bonds is 4. The molecule has 4 N–H and O–H groups in total. The summed E-state index contributed by atoms with van der Waals surface area (Å²) in [6, 6.07) is 0. The fourth-order valence-electron chi connectivity index (χ4n) is 0.476. The van der Waals surface area contributed by atoms with Crippen LogP contribution in [0.1, 0.15) is 39.5 Å². The highest BCUT2D eigenvalue weighted by atomic mass is 35.5. The third-order valence-electron chi connectivity index (χ3n) is 1.05. The van der Waals surface area contributed by atoms with Gasteiger partial charge in [0.15, 0.2) is 0 Å². The lowest BCUT2D eigenvalue weighted by molar-refractivity contribution is 0.244. The zero-order chi connectivity index (χ0) is 9.98. The van der Waals surface area contributed by atoms with E-state index in [1.165, 1.54) is 0 Å². The third kappa shape index (κ3) is 32.7. The molecule has 0 aromatic heterocycles. The van der Waals surface area contributed by atoms with Gasteiger partial charge in [-0.3, -0.25) is 0 Å². The van der Waals surface area contributed by atoms with Crippen molar-refractivity contribution in [1.29, 1.82) is 0 Å². The van der Waals surface area contributed by atoms with Crippen molar-refractivity contribution in [2.24, 2.45) is 0 Å². The minimum Gasteiger partial charge on any atom is -0.412 e. The van der Waals surface area contributed by atoms with Gasteiger partial charge in [-0.25, -0.2) is 0 Å². The molecule has 0 aliphatic heterocycles. The highest BCUT2D eigenvalue weighted by Gasteiger charge is 1.90. The molecule has 0 aromatic rings. The van der Waals surface area contributed by atoms with Gasteiger partial charge in [-0.2, -0.15) is 0 Å². The maximum atomic E-state index is 8.32. The SMILES string of the molecule is CCCC(O)Cl.CCCC(O)Cl.O. The largest absolute Gasteiger partial charge is 0.412 e. The van der Waals surface area contributed by atoms with Gasteiger partial charge in [0.1, 0.15) is 11.1 Å². The number of hydrogen-bond acceptors (Lipinski definition) is 2. The van der Waals surface area contributed by atoms with Crippen molar-refractivity contribution in [2.75, 3.05) is 0 Å². The predicted octanol–water partition coefficient (Wildman–Crippen LogP) is 1.86. The lowest BCUT2D eigenvalue weighted by Gasteiger charge is -1.92. The lowest BCUT2D eigenvalue weighted by Crippen LogP contribution is -1.91. The normalized spacial score (nSPS) is 13.4. The van der Waals surface area contributed by atoms with E-state index in [0.717, 1.165) is 12.8 Å². The minimum absolute atomic E-state index is 0. The molecule has 2 atom stereocenters. The molecule has 2 unspecified atom stereocenters. The van der Waals surface area contributed by atoms with Gasteiger partial charge < -0.3 is 15.7 Å². The average molecular weight is 235 g/mol. The van der Waals surface area contributed by atoms with Crippen molar-refractivity contribution in [3.05, 3.63) is 0 Å². The Bertz CT molecular complexity index is 69.8. The highest BCUT2D eigenvalue weighted by Crippen LogP contribution is 1.98. The molecule has 0 radical (unpaired) electrons. The number of alkyl halides is 2. The van der Waals surface area contributed by atoms with E-state index in [0.29, 0.717) is 12.8 Å². The summed E-state index contributed by atoms with van der Waals surface area (Å²) < 4.78 is 0. The molecule has 13 heavy (non-hydrogen) atoms. The van der Waals surface area contributed by atoms with Crippen LogP contribution in [0, 0.1) is 0 Å². The Balaban J connectivity index is -0.000000143. The smallest absolute Gasteiger partial charge is 0.128 e. The van der Waals surface area contributed by atoms with E-state index in [1.54, 1.807) is 0 Å². The summed E-state index contributed by atoms with van der Waals surface area (Å²) in [6.45, 7) is 3.96. The second-order valence-corrected chi connectivity index (χ2v) is 3.45. The minimum atomic E-state index is -0.630. The summed E-state index contributed by atoms with van der Waals surface area (Å²) in [5.74, 6) is 0. The van der Waals surface area contributed by atoms with Crippen LogP contribution in [0.3, 0.4) is 0 Å². The molecule has 0 amide bonds. The first-order valence-electron chi connectivity index (χ1n) is 4.18. The molecule has 0 saturated heterocycles. The van der Waals surface area contributed by atoms with E-state index in [2.05, 4.69) is 0 Å². The van der Waals surface area contributed by atoms with Crippen molar-refractivity contribution in [2.45, 2.75) is 50.7 Å². The van der Waals surface area contributed by atoms with Crippen LogP contribution >= 0.6 is 23.2 Å². The molecule has 0 aromatic carbocycles. The van der Waals surface area contributed by atoms with Gasteiger partial charge in [0.05, 0.1) is 0 Å². The maximum absolute atomic E-state index is 8.32. The quantitative estimate of drug-likeness (QED) is 0.730. The Labute approximate surface area is 90.0 Å². The maximum Gasteiger partial charge on any atom is 0.128 e. The number of hydrogen-bond donors (Lipinski definition) is 2.